The molecule has 2 aliphatic heterocycles. The maximum atomic E-state index is 14.9. The zero-order valence-electron chi connectivity index (χ0n) is 26.0. The van der Waals surface area contributed by atoms with Crippen molar-refractivity contribution in [3.05, 3.63) is 77.1 Å². The fourth-order valence-electron chi connectivity index (χ4n) is 6.32. The summed E-state index contributed by atoms with van der Waals surface area (Å²) in [6, 6.07) is 9.74. The van der Waals surface area contributed by atoms with Crippen LogP contribution in [0.25, 0.3) is 0 Å². The van der Waals surface area contributed by atoms with E-state index < -0.39 is 33.5 Å². The molecular weight excluding hydrogens is 586 g/mol. The second-order valence-electron chi connectivity index (χ2n) is 13.1. The van der Waals surface area contributed by atoms with E-state index in [1.54, 1.807) is 6.20 Å². The summed E-state index contributed by atoms with van der Waals surface area (Å²) in [6.07, 6.45) is 6.05. The third kappa shape index (κ3) is 7.47. The van der Waals surface area contributed by atoms with Gasteiger partial charge in [-0.3, -0.25) is 15.0 Å². The Balaban J connectivity index is 1.34. The topological polar surface area (TPSA) is 99.6 Å². The van der Waals surface area contributed by atoms with E-state index in [0.29, 0.717) is 57.1 Å². The number of hydrogen-bond donors (Lipinski definition) is 2. The van der Waals surface area contributed by atoms with Crippen LogP contribution >= 0.6 is 0 Å². The quantitative estimate of drug-likeness (QED) is 0.382. The van der Waals surface area contributed by atoms with Crippen LogP contribution in [0.1, 0.15) is 56.2 Å². The Hall–Kier alpha value is -3.35. The molecule has 2 fully saturated rings. The number of imidazole rings is 1. The fourth-order valence-corrected chi connectivity index (χ4v) is 7.17. The first-order valence-electron chi connectivity index (χ1n) is 15.0. The van der Waals surface area contributed by atoms with Gasteiger partial charge in [0.1, 0.15) is 11.6 Å². The van der Waals surface area contributed by atoms with Crippen LogP contribution in [-0.4, -0.2) is 72.8 Å². The third-order valence-electron chi connectivity index (χ3n) is 8.72. The zero-order valence-corrected chi connectivity index (χ0v) is 26.8. The number of carbonyl (C=O) groups excluding carboxylic acids is 1. The standard InChI is InChI=1S/C32H42F2N6O3S/c1-21-6-7-22(29(16-21)38-13-10-24(11-14-38)37-44(5,42)43)18-39-15-12-35-31(39)36-30(41)27-20-40(32(2,3)4)19-26(27)25-9-8-23(33)17-28(25)34/h6-9,12,15-17,24,26-27,37H,10-11,13-14,18-20H2,1-5H3,(H,35,36,41)/t26-,27+/m0/s1. The highest BCUT2D eigenvalue weighted by molar-refractivity contribution is 7.88. The summed E-state index contributed by atoms with van der Waals surface area (Å²) in [4.78, 5) is 22.7. The number of aromatic nitrogens is 2. The Bertz CT molecular complexity index is 1610. The van der Waals surface area contributed by atoms with E-state index in [0.717, 1.165) is 22.9 Å². The third-order valence-corrected chi connectivity index (χ3v) is 9.48. The average molecular weight is 629 g/mol. The van der Waals surface area contributed by atoms with Crippen molar-refractivity contribution < 1.29 is 22.0 Å². The number of amides is 1. The van der Waals surface area contributed by atoms with Crippen molar-refractivity contribution in [3.63, 3.8) is 0 Å². The van der Waals surface area contributed by atoms with Gasteiger partial charge in [-0.15, -0.1) is 0 Å². The number of carbonyl (C=O) groups is 1. The Labute approximate surface area is 258 Å². The fraction of sp³-hybridized carbons (Fsp3) is 0.500. The Kier molecular flexibility index (Phi) is 9.16. The van der Waals surface area contributed by atoms with E-state index >= 15 is 0 Å². The maximum Gasteiger partial charge on any atom is 0.231 e. The molecule has 0 spiro atoms. The number of benzene rings is 2. The lowest BCUT2D eigenvalue weighted by Gasteiger charge is -2.35. The first-order valence-corrected chi connectivity index (χ1v) is 16.9. The molecule has 1 amide bonds. The van der Waals surface area contributed by atoms with E-state index in [2.05, 4.69) is 57.7 Å². The second-order valence-corrected chi connectivity index (χ2v) is 14.9. The average Bonchev–Trinajstić information content (AvgIpc) is 3.57. The van der Waals surface area contributed by atoms with Crippen LogP contribution in [0.5, 0.6) is 0 Å². The molecule has 0 unspecified atom stereocenters. The predicted octanol–water partition coefficient (Wildman–Crippen LogP) is 4.49. The number of nitrogens with one attached hydrogen (secondary N) is 2. The molecule has 238 valence electrons. The van der Waals surface area contributed by atoms with Crippen LogP contribution in [0.15, 0.2) is 48.8 Å². The minimum Gasteiger partial charge on any atom is -0.371 e. The molecule has 0 radical (unpaired) electrons. The van der Waals surface area contributed by atoms with Crippen LogP contribution in [-0.2, 0) is 21.4 Å². The van der Waals surface area contributed by atoms with Gasteiger partial charge in [0.25, 0.3) is 0 Å². The van der Waals surface area contributed by atoms with Gasteiger partial charge >= 0.3 is 0 Å². The molecular formula is C32H42F2N6O3S. The highest BCUT2D eigenvalue weighted by atomic mass is 32.2. The number of nitrogens with zero attached hydrogens (tertiary/aromatic N) is 4. The molecule has 2 N–H and O–H groups in total. The van der Waals surface area contributed by atoms with Gasteiger partial charge in [0.15, 0.2) is 0 Å². The van der Waals surface area contributed by atoms with E-state index in [-0.39, 0.29) is 17.5 Å². The lowest BCUT2D eigenvalue weighted by Crippen LogP contribution is -2.44. The zero-order chi connectivity index (χ0) is 31.8. The van der Waals surface area contributed by atoms with Gasteiger partial charge in [-0.25, -0.2) is 26.9 Å². The number of halogens is 2. The Morgan fingerprint density at radius 2 is 1.80 bits per heavy atom. The van der Waals surface area contributed by atoms with Gasteiger partial charge in [-0.2, -0.15) is 0 Å². The van der Waals surface area contributed by atoms with Crippen molar-refractivity contribution in [2.45, 2.75) is 64.6 Å². The summed E-state index contributed by atoms with van der Waals surface area (Å²) in [5.74, 6) is -2.16. The van der Waals surface area contributed by atoms with E-state index in [4.69, 9.17) is 0 Å². The first-order chi connectivity index (χ1) is 20.7. The van der Waals surface area contributed by atoms with Crippen LogP contribution in [0.2, 0.25) is 0 Å². The molecule has 5 rings (SSSR count). The van der Waals surface area contributed by atoms with E-state index in [9.17, 15) is 22.0 Å². The van der Waals surface area contributed by atoms with Gasteiger partial charge in [-0.05, 0) is 69.4 Å². The van der Waals surface area contributed by atoms with Crippen molar-refractivity contribution in [1.82, 2.24) is 19.2 Å². The van der Waals surface area contributed by atoms with E-state index in [1.165, 1.54) is 18.4 Å². The molecule has 12 heteroatoms. The highest BCUT2D eigenvalue weighted by Crippen LogP contribution is 2.38. The molecule has 9 nitrogen and oxygen atoms in total. The highest BCUT2D eigenvalue weighted by Gasteiger charge is 2.43. The molecule has 2 atom stereocenters. The largest absolute Gasteiger partial charge is 0.371 e. The SMILES string of the molecule is Cc1ccc(Cn2ccnc2NC(=O)[C@@H]2CN(C(C)(C)C)C[C@H]2c2ccc(F)cc2F)c(N2CCC(NS(C)(=O)=O)CC2)c1. The molecule has 3 heterocycles. The number of anilines is 2. The minimum absolute atomic E-state index is 0.0815. The molecule has 44 heavy (non-hydrogen) atoms. The van der Waals surface area contributed by atoms with E-state index in [1.807, 2.05) is 23.8 Å². The maximum absolute atomic E-state index is 14.9. The van der Waals surface area contributed by atoms with Crippen LogP contribution < -0.4 is 14.9 Å². The molecule has 0 saturated carbocycles. The first kappa shape index (κ1) is 32.1. The van der Waals surface area contributed by atoms with Crippen molar-refractivity contribution in [2.24, 2.45) is 5.92 Å². The number of aryl methyl sites for hydroxylation is 1. The van der Waals surface area contributed by atoms with Crippen molar-refractivity contribution in [3.8, 4) is 0 Å². The minimum atomic E-state index is -3.26. The lowest BCUT2D eigenvalue weighted by atomic mass is 9.88. The lowest BCUT2D eigenvalue weighted by molar-refractivity contribution is -0.120. The Morgan fingerprint density at radius 3 is 2.45 bits per heavy atom. The summed E-state index contributed by atoms with van der Waals surface area (Å²) < 4.78 is 56.6. The van der Waals surface area contributed by atoms with Gasteiger partial charge < -0.3 is 9.47 Å². The molecule has 2 saturated heterocycles. The summed E-state index contributed by atoms with van der Waals surface area (Å²) in [5, 5.41) is 3.00. The van der Waals surface area contributed by atoms with Crippen molar-refractivity contribution >= 4 is 27.6 Å². The molecule has 0 bridgehead atoms. The normalized spacial score (nSPS) is 20.3. The molecule has 2 aromatic carbocycles. The van der Waals surface area contributed by atoms with Crippen molar-refractivity contribution in [2.75, 3.05) is 42.7 Å². The smallest absolute Gasteiger partial charge is 0.231 e. The second kappa shape index (κ2) is 12.6. The monoisotopic (exact) mass is 628 g/mol. The van der Waals surface area contributed by atoms with Gasteiger partial charge in [0, 0.05) is 67.8 Å². The predicted molar refractivity (Wildman–Crippen MR) is 168 cm³/mol. The number of rotatable bonds is 8. The number of sulfonamides is 1. The molecule has 0 aliphatic carbocycles. The van der Waals surface area contributed by atoms with Gasteiger partial charge in [0.2, 0.25) is 21.9 Å². The van der Waals surface area contributed by atoms with Crippen LogP contribution in [0.3, 0.4) is 0 Å². The van der Waals surface area contributed by atoms with Gasteiger partial charge in [0.05, 0.1) is 18.7 Å². The summed E-state index contributed by atoms with van der Waals surface area (Å²) in [6.45, 7) is 11.0. The van der Waals surface area contributed by atoms with Crippen LogP contribution in [0.4, 0.5) is 20.4 Å². The number of piperidine rings is 1. The summed E-state index contributed by atoms with van der Waals surface area (Å²) in [7, 11) is -3.26. The molecule has 3 aromatic rings. The van der Waals surface area contributed by atoms with Crippen LogP contribution in [0, 0.1) is 24.5 Å². The molecule has 1 aromatic heterocycles. The Morgan fingerprint density at radius 1 is 1.07 bits per heavy atom. The molecule has 2 aliphatic rings. The summed E-state index contributed by atoms with van der Waals surface area (Å²) in [5.41, 5.74) is 3.32. The number of likely N-dealkylation sites (tertiary alicyclic amines) is 1. The van der Waals surface area contributed by atoms with Gasteiger partial charge in [-0.1, -0.05) is 18.2 Å². The van der Waals surface area contributed by atoms with Crippen molar-refractivity contribution in [1.29, 1.82) is 0 Å². The summed E-state index contributed by atoms with van der Waals surface area (Å²) >= 11 is 0. The number of hydrogen-bond acceptors (Lipinski definition) is 6.